The van der Waals surface area contributed by atoms with Crippen molar-refractivity contribution in [3.63, 3.8) is 0 Å². The Morgan fingerprint density at radius 1 is 1.03 bits per heavy atom. The van der Waals surface area contributed by atoms with Gasteiger partial charge in [0, 0.05) is 12.1 Å². The molecule has 0 radical (unpaired) electrons. The second kappa shape index (κ2) is 9.28. The van der Waals surface area contributed by atoms with Crippen molar-refractivity contribution in [2.24, 2.45) is 0 Å². The maximum absolute atomic E-state index is 13.1. The normalized spacial score (nSPS) is 17.1. The smallest absolute Gasteiger partial charge is 0.322 e. The van der Waals surface area contributed by atoms with Crippen molar-refractivity contribution in [1.82, 2.24) is 14.5 Å². The second-order valence-electron chi connectivity index (χ2n) is 7.92. The fraction of sp³-hybridized carbons (Fsp3) is 0.318. The number of hydrogen-bond donors (Lipinski definition) is 1. The number of rotatable bonds is 7. The number of nitrogens with zero attached hydrogens (tertiary/aromatic N) is 3. The molecular weight excluding hydrogens is 480 g/mol. The molecule has 4 rings (SSSR count). The molecule has 1 amide bonds. The van der Waals surface area contributed by atoms with Crippen molar-refractivity contribution >= 4 is 31.8 Å². The van der Waals surface area contributed by atoms with Gasteiger partial charge in [-0.2, -0.15) is 4.31 Å². The minimum absolute atomic E-state index is 0.0130. The van der Waals surface area contributed by atoms with Gasteiger partial charge >= 0.3 is 6.01 Å². The van der Waals surface area contributed by atoms with Crippen LogP contribution in [0, 0.1) is 6.92 Å². The maximum Gasteiger partial charge on any atom is 0.322 e. The minimum atomic E-state index is -3.84. The van der Waals surface area contributed by atoms with Crippen LogP contribution in [0.4, 0.5) is 6.01 Å². The predicted octanol–water partition coefficient (Wildman–Crippen LogP) is 2.63. The van der Waals surface area contributed by atoms with Gasteiger partial charge in [0.05, 0.1) is 15.5 Å². The average Bonchev–Trinajstić information content (AvgIpc) is 3.50. The molecule has 12 heteroatoms. The molecule has 1 N–H and O–H groups in total. The lowest BCUT2D eigenvalue weighted by Crippen LogP contribution is -2.43. The number of nitrogens with one attached hydrogen (secondary N) is 1. The van der Waals surface area contributed by atoms with Gasteiger partial charge in [0.15, 0.2) is 9.84 Å². The summed E-state index contributed by atoms with van der Waals surface area (Å²) in [6.07, 6.45) is 0.913. The van der Waals surface area contributed by atoms with Gasteiger partial charge in [0.2, 0.25) is 21.8 Å². The summed E-state index contributed by atoms with van der Waals surface area (Å²) < 4.78 is 56.8. The van der Waals surface area contributed by atoms with Crippen molar-refractivity contribution in [3.05, 3.63) is 54.1 Å². The van der Waals surface area contributed by atoms with Crippen molar-refractivity contribution in [1.29, 1.82) is 0 Å². The Balaban J connectivity index is 1.48. The van der Waals surface area contributed by atoms with Crippen molar-refractivity contribution in [3.8, 4) is 11.5 Å². The van der Waals surface area contributed by atoms with E-state index in [-0.39, 0.29) is 34.0 Å². The first-order valence-corrected chi connectivity index (χ1v) is 13.8. The van der Waals surface area contributed by atoms with E-state index in [4.69, 9.17) is 4.42 Å². The molecule has 1 aliphatic heterocycles. The Kier molecular flexibility index (Phi) is 6.56. The third-order valence-corrected chi connectivity index (χ3v) is 9.30. The average molecular weight is 505 g/mol. The molecular formula is C22H24N4O6S2. The number of anilines is 1. The number of amides is 1. The molecule has 1 aromatic heterocycles. The summed E-state index contributed by atoms with van der Waals surface area (Å²) in [7, 11) is -7.18. The first kappa shape index (κ1) is 24.0. The molecule has 1 unspecified atom stereocenters. The highest BCUT2D eigenvalue weighted by atomic mass is 32.2. The maximum atomic E-state index is 13.1. The minimum Gasteiger partial charge on any atom is -0.403 e. The number of sulfonamides is 1. The van der Waals surface area contributed by atoms with Crippen LogP contribution in [0.3, 0.4) is 0 Å². The van der Waals surface area contributed by atoms with Gasteiger partial charge in [0.1, 0.15) is 6.04 Å². The highest BCUT2D eigenvalue weighted by Crippen LogP contribution is 2.28. The summed E-state index contributed by atoms with van der Waals surface area (Å²) in [6.45, 7) is 3.66. The quantitative estimate of drug-likeness (QED) is 0.518. The highest BCUT2D eigenvalue weighted by molar-refractivity contribution is 7.91. The largest absolute Gasteiger partial charge is 0.403 e. The van der Waals surface area contributed by atoms with Crippen LogP contribution in [0.5, 0.6) is 0 Å². The molecule has 1 fully saturated rings. The zero-order valence-electron chi connectivity index (χ0n) is 18.6. The molecule has 10 nitrogen and oxygen atoms in total. The Morgan fingerprint density at radius 2 is 1.68 bits per heavy atom. The summed E-state index contributed by atoms with van der Waals surface area (Å²) >= 11 is 0. The Hall–Kier alpha value is -3.09. The second-order valence-corrected chi connectivity index (χ2v) is 12.1. The van der Waals surface area contributed by atoms with E-state index in [2.05, 4.69) is 15.5 Å². The summed E-state index contributed by atoms with van der Waals surface area (Å²) in [4.78, 5) is 13.2. The van der Waals surface area contributed by atoms with Crippen molar-refractivity contribution < 1.29 is 26.0 Å². The standard InChI is InChI=1S/C22H24N4O6S2/c1-3-33(28,29)17-12-8-16(9-13-17)21-24-25-22(32-21)23-20(27)19-5-4-14-26(19)34(30,31)18-10-6-15(2)7-11-18/h6-13,19H,3-5,14H2,1-2H3,(H,23,25,27). The van der Waals surface area contributed by atoms with Gasteiger partial charge in [-0.05, 0) is 56.2 Å². The molecule has 0 bridgehead atoms. The van der Waals surface area contributed by atoms with Crippen LogP contribution < -0.4 is 5.32 Å². The number of aromatic nitrogens is 2. The van der Waals surface area contributed by atoms with Gasteiger partial charge in [-0.1, -0.05) is 29.7 Å². The van der Waals surface area contributed by atoms with Crippen molar-refractivity contribution in [2.45, 2.75) is 42.5 Å². The van der Waals surface area contributed by atoms with Crippen LogP contribution in [0.15, 0.2) is 62.7 Å². The van der Waals surface area contributed by atoms with Crippen LogP contribution in [0.1, 0.15) is 25.3 Å². The van der Waals surface area contributed by atoms with Gasteiger partial charge in [0.25, 0.3) is 0 Å². The van der Waals surface area contributed by atoms with Gasteiger partial charge in [-0.3, -0.25) is 10.1 Å². The molecule has 1 saturated heterocycles. The zero-order valence-corrected chi connectivity index (χ0v) is 20.3. The fourth-order valence-electron chi connectivity index (χ4n) is 3.69. The molecule has 0 saturated carbocycles. The molecule has 0 aliphatic carbocycles. The van der Waals surface area contributed by atoms with Crippen LogP contribution in [-0.2, 0) is 24.7 Å². The molecule has 3 aromatic rings. The first-order chi connectivity index (χ1) is 16.1. The van der Waals surface area contributed by atoms with E-state index in [1.54, 1.807) is 19.1 Å². The zero-order chi connectivity index (χ0) is 24.5. The predicted molar refractivity (Wildman–Crippen MR) is 124 cm³/mol. The van der Waals surface area contributed by atoms with Gasteiger partial charge in [-0.25, -0.2) is 16.8 Å². The Labute approximate surface area is 198 Å². The number of carbonyl (C=O) groups is 1. The molecule has 34 heavy (non-hydrogen) atoms. The summed E-state index contributed by atoms with van der Waals surface area (Å²) in [5.41, 5.74) is 1.41. The van der Waals surface area contributed by atoms with E-state index in [0.717, 1.165) is 5.56 Å². The number of hydrogen-bond acceptors (Lipinski definition) is 8. The van der Waals surface area contributed by atoms with Crippen LogP contribution >= 0.6 is 0 Å². The molecule has 180 valence electrons. The van der Waals surface area contributed by atoms with Crippen LogP contribution in [0.2, 0.25) is 0 Å². The van der Waals surface area contributed by atoms with Gasteiger partial charge < -0.3 is 4.42 Å². The van der Waals surface area contributed by atoms with E-state index in [9.17, 15) is 21.6 Å². The first-order valence-electron chi connectivity index (χ1n) is 10.7. The van der Waals surface area contributed by atoms with Crippen LogP contribution in [-0.4, -0.2) is 55.6 Å². The number of benzene rings is 2. The van der Waals surface area contributed by atoms with Crippen LogP contribution in [0.25, 0.3) is 11.5 Å². The molecule has 2 aromatic carbocycles. The fourth-order valence-corrected chi connectivity index (χ4v) is 6.23. The topological polar surface area (TPSA) is 140 Å². The third kappa shape index (κ3) is 4.74. The summed E-state index contributed by atoms with van der Waals surface area (Å²) in [6, 6.07) is 11.4. The lowest BCUT2D eigenvalue weighted by molar-refractivity contribution is -0.119. The van der Waals surface area contributed by atoms with Crippen molar-refractivity contribution in [2.75, 3.05) is 17.6 Å². The number of sulfone groups is 1. The van der Waals surface area contributed by atoms with E-state index in [1.807, 2.05) is 6.92 Å². The lowest BCUT2D eigenvalue weighted by atomic mass is 10.2. The van der Waals surface area contributed by atoms with E-state index in [1.165, 1.54) is 40.7 Å². The van der Waals surface area contributed by atoms with Gasteiger partial charge in [-0.15, -0.1) is 5.10 Å². The lowest BCUT2D eigenvalue weighted by Gasteiger charge is -2.22. The monoisotopic (exact) mass is 504 g/mol. The van der Waals surface area contributed by atoms with E-state index in [0.29, 0.717) is 18.4 Å². The highest BCUT2D eigenvalue weighted by Gasteiger charge is 2.39. The molecule has 1 atom stereocenters. The summed E-state index contributed by atoms with van der Waals surface area (Å²) in [5.74, 6) is -0.486. The molecule has 1 aliphatic rings. The Bertz CT molecular complexity index is 1400. The summed E-state index contributed by atoms with van der Waals surface area (Å²) in [5, 5.41) is 10.2. The number of aryl methyl sites for hydroxylation is 1. The third-order valence-electron chi connectivity index (χ3n) is 5.63. The van der Waals surface area contributed by atoms with E-state index < -0.39 is 31.8 Å². The molecule has 2 heterocycles. The number of carbonyl (C=O) groups excluding carboxylic acids is 1. The SMILES string of the molecule is CCS(=O)(=O)c1ccc(-c2nnc(NC(=O)C3CCCN3S(=O)(=O)c3ccc(C)cc3)o2)cc1. The molecule has 0 spiro atoms. The Morgan fingerprint density at radius 3 is 2.32 bits per heavy atom. The van der Waals surface area contributed by atoms with E-state index >= 15 is 0 Å².